The van der Waals surface area contributed by atoms with E-state index >= 15 is 0 Å². The topological polar surface area (TPSA) is 67.9 Å². The van der Waals surface area contributed by atoms with Gasteiger partial charge < -0.3 is 19.7 Å². The van der Waals surface area contributed by atoms with Gasteiger partial charge in [0.05, 0.1) is 11.1 Å². The quantitative estimate of drug-likeness (QED) is 0.744. The number of benzene rings is 2. The first kappa shape index (κ1) is 21.5. The molecule has 2 aromatic carbocycles. The zero-order valence-electron chi connectivity index (χ0n) is 18.0. The van der Waals surface area contributed by atoms with E-state index in [1.165, 1.54) is 0 Å². The van der Waals surface area contributed by atoms with Gasteiger partial charge in [-0.3, -0.25) is 0 Å². The first-order valence-electron chi connectivity index (χ1n) is 11.1. The van der Waals surface area contributed by atoms with Crippen molar-refractivity contribution in [2.24, 2.45) is 0 Å². The number of hydrogen-bond donors (Lipinski definition) is 1. The Morgan fingerprint density at radius 2 is 1.16 bits per heavy atom. The van der Waals surface area contributed by atoms with Gasteiger partial charge in [0.25, 0.3) is 0 Å². The minimum atomic E-state index is -0.273. The molecule has 4 rings (SSSR count). The Bertz CT molecular complexity index is 881. The number of esters is 2. The van der Waals surface area contributed by atoms with Crippen LogP contribution in [-0.4, -0.2) is 62.3 Å². The van der Waals surface area contributed by atoms with E-state index in [-0.39, 0.29) is 24.1 Å². The summed E-state index contributed by atoms with van der Waals surface area (Å²) in [6.07, 6.45) is 3.47. The van der Waals surface area contributed by atoms with Gasteiger partial charge in [-0.1, -0.05) is 24.3 Å². The van der Waals surface area contributed by atoms with E-state index in [2.05, 4.69) is 17.3 Å². The smallest absolute Gasteiger partial charge is 0.338 e. The third kappa shape index (κ3) is 5.71. The van der Waals surface area contributed by atoms with Crippen LogP contribution in [-0.2, 0) is 9.47 Å². The molecular formula is C25H30N2O4. The second-order valence-corrected chi connectivity index (χ2v) is 8.42. The zero-order chi connectivity index (χ0) is 21.6. The second kappa shape index (κ2) is 10.1. The molecule has 6 nitrogen and oxygen atoms in total. The largest absolute Gasteiger partial charge is 0.459 e. The molecule has 0 atom stereocenters. The molecule has 164 valence electrons. The minimum Gasteiger partial charge on any atom is -0.459 e. The molecule has 1 N–H and O–H groups in total. The van der Waals surface area contributed by atoms with E-state index in [9.17, 15) is 9.59 Å². The molecular weight excluding hydrogens is 392 g/mol. The third-order valence-electron chi connectivity index (χ3n) is 6.07. The first-order valence-corrected chi connectivity index (χ1v) is 11.1. The second-order valence-electron chi connectivity index (χ2n) is 8.42. The summed E-state index contributed by atoms with van der Waals surface area (Å²) in [5.74, 6) is -0.539. The summed E-state index contributed by atoms with van der Waals surface area (Å²) in [5.41, 5.74) is 3.08. The molecule has 2 aliphatic heterocycles. The molecule has 2 heterocycles. The summed E-state index contributed by atoms with van der Waals surface area (Å²) in [4.78, 5) is 27.0. The van der Waals surface area contributed by atoms with Crippen LogP contribution in [0.15, 0.2) is 48.5 Å². The molecule has 2 saturated heterocycles. The summed E-state index contributed by atoms with van der Waals surface area (Å²) < 4.78 is 11.3. The zero-order valence-corrected chi connectivity index (χ0v) is 18.0. The molecule has 0 saturated carbocycles. The van der Waals surface area contributed by atoms with Gasteiger partial charge in [0.1, 0.15) is 12.2 Å². The van der Waals surface area contributed by atoms with Crippen LogP contribution >= 0.6 is 0 Å². The van der Waals surface area contributed by atoms with Gasteiger partial charge >= 0.3 is 11.9 Å². The Hall–Kier alpha value is -2.70. The number of nitrogens with one attached hydrogen (secondary N) is 1. The highest BCUT2D eigenvalue weighted by Gasteiger charge is 2.21. The van der Waals surface area contributed by atoms with Crippen LogP contribution in [0.3, 0.4) is 0 Å². The van der Waals surface area contributed by atoms with Gasteiger partial charge in [-0.2, -0.15) is 0 Å². The lowest BCUT2D eigenvalue weighted by atomic mass is 10.0. The first-order chi connectivity index (χ1) is 15.1. The molecule has 0 unspecified atom stereocenters. The molecule has 0 bridgehead atoms. The maximum Gasteiger partial charge on any atom is 0.338 e. The van der Waals surface area contributed by atoms with Crippen molar-refractivity contribution in [2.45, 2.75) is 37.9 Å². The van der Waals surface area contributed by atoms with E-state index in [0.717, 1.165) is 63.0 Å². The fourth-order valence-electron chi connectivity index (χ4n) is 4.05. The normalized spacial score (nSPS) is 18.5. The van der Waals surface area contributed by atoms with Crippen LogP contribution in [0.4, 0.5) is 0 Å². The summed E-state index contributed by atoms with van der Waals surface area (Å²) in [5, 5.41) is 3.26. The van der Waals surface area contributed by atoms with Crippen molar-refractivity contribution < 1.29 is 19.1 Å². The highest BCUT2D eigenvalue weighted by molar-refractivity contribution is 5.91. The molecule has 0 aliphatic carbocycles. The SMILES string of the molecule is CN1CCC(OC(=O)c2ccc(-c3ccc(C(=O)OC4CCNCC4)cc3)cc2)CC1. The van der Waals surface area contributed by atoms with E-state index in [4.69, 9.17) is 9.47 Å². The Balaban J connectivity index is 1.34. The molecule has 2 aliphatic rings. The average molecular weight is 423 g/mol. The summed E-state index contributed by atoms with van der Waals surface area (Å²) in [7, 11) is 2.08. The van der Waals surface area contributed by atoms with E-state index in [1.807, 2.05) is 24.3 Å². The van der Waals surface area contributed by atoms with Crippen molar-refractivity contribution in [3.8, 4) is 11.1 Å². The van der Waals surface area contributed by atoms with Crippen LogP contribution < -0.4 is 5.32 Å². The van der Waals surface area contributed by atoms with Crippen LogP contribution in [0.5, 0.6) is 0 Å². The van der Waals surface area contributed by atoms with E-state index in [1.54, 1.807) is 24.3 Å². The number of rotatable bonds is 5. The lowest BCUT2D eigenvalue weighted by Crippen LogP contribution is -2.35. The highest BCUT2D eigenvalue weighted by atomic mass is 16.5. The Morgan fingerprint density at radius 1 is 0.742 bits per heavy atom. The number of hydrogen-bond acceptors (Lipinski definition) is 6. The average Bonchev–Trinajstić information content (AvgIpc) is 2.81. The van der Waals surface area contributed by atoms with Crippen molar-refractivity contribution in [3.63, 3.8) is 0 Å². The Kier molecular flexibility index (Phi) is 6.99. The van der Waals surface area contributed by atoms with Gasteiger partial charge in [-0.15, -0.1) is 0 Å². The maximum absolute atomic E-state index is 12.4. The van der Waals surface area contributed by atoms with Crippen LogP contribution in [0.25, 0.3) is 11.1 Å². The maximum atomic E-state index is 12.4. The molecule has 0 amide bonds. The van der Waals surface area contributed by atoms with Gasteiger partial charge in [0.15, 0.2) is 0 Å². The highest BCUT2D eigenvalue weighted by Crippen LogP contribution is 2.22. The number of likely N-dealkylation sites (tertiary alicyclic amines) is 1. The predicted molar refractivity (Wildman–Crippen MR) is 119 cm³/mol. The number of carbonyl (C=O) groups excluding carboxylic acids is 2. The fraction of sp³-hybridized carbons (Fsp3) is 0.440. The molecule has 2 aromatic rings. The number of piperidine rings is 2. The monoisotopic (exact) mass is 422 g/mol. The Morgan fingerprint density at radius 3 is 1.61 bits per heavy atom. The minimum absolute atomic E-state index is 0.000509. The molecule has 0 radical (unpaired) electrons. The fourth-order valence-corrected chi connectivity index (χ4v) is 4.05. The summed E-state index contributed by atoms with van der Waals surface area (Å²) in [6, 6.07) is 14.8. The molecule has 0 aromatic heterocycles. The van der Waals surface area contributed by atoms with Crippen molar-refractivity contribution in [2.75, 3.05) is 33.2 Å². The Labute approximate surface area is 183 Å². The van der Waals surface area contributed by atoms with Crippen LogP contribution in [0.1, 0.15) is 46.4 Å². The lowest BCUT2D eigenvalue weighted by molar-refractivity contribution is 0.0138. The standard InChI is InChI=1S/C25H30N2O4/c1-27-16-12-23(13-17-27)31-25(29)21-8-4-19(5-9-21)18-2-6-20(7-3-18)24(28)30-22-10-14-26-15-11-22/h2-9,22-23,26H,10-17H2,1H3. The van der Waals surface area contributed by atoms with Gasteiger partial charge in [0, 0.05) is 13.1 Å². The number of ether oxygens (including phenoxy) is 2. The van der Waals surface area contributed by atoms with Crippen molar-refractivity contribution in [3.05, 3.63) is 59.7 Å². The summed E-state index contributed by atoms with van der Waals surface area (Å²) >= 11 is 0. The molecule has 6 heteroatoms. The predicted octanol–water partition coefficient (Wildman–Crippen LogP) is 3.51. The molecule has 31 heavy (non-hydrogen) atoms. The summed E-state index contributed by atoms with van der Waals surface area (Å²) in [6.45, 7) is 3.69. The van der Waals surface area contributed by atoms with E-state index < -0.39 is 0 Å². The van der Waals surface area contributed by atoms with Gasteiger partial charge in [0.2, 0.25) is 0 Å². The van der Waals surface area contributed by atoms with Gasteiger partial charge in [-0.05, 0) is 81.2 Å². The molecule has 0 spiro atoms. The van der Waals surface area contributed by atoms with Gasteiger partial charge in [-0.25, -0.2) is 9.59 Å². The number of carbonyl (C=O) groups is 2. The van der Waals surface area contributed by atoms with Crippen molar-refractivity contribution in [1.29, 1.82) is 0 Å². The van der Waals surface area contributed by atoms with E-state index in [0.29, 0.717) is 11.1 Å². The molecule has 2 fully saturated rings. The lowest BCUT2D eigenvalue weighted by Gasteiger charge is -2.28. The number of nitrogens with zero attached hydrogens (tertiary/aromatic N) is 1. The van der Waals surface area contributed by atoms with Crippen LogP contribution in [0.2, 0.25) is 0 Å². The third-order valence-corrected chi connectivity index (χ3v) is 6.07. The van der Waals surface area contributed by atoms with Crippen molar-refractivity contribution >= 4 is 11.9 Å². The van der Waals surface area contributed by atoms with Crippen LogP contribution in [0, 0.1) is 0 Å². The van der Waals surface area contributed by atoms with Crippen molar-refractivity contribution in [1.82, 2.24) is 10.2 Å².